The molecule has 0 unspecified atom stereocenters. The van der Waals surface area contributed by atoms with Gasteiger partial charge in [0, 0.05) is 90.9 Å². The molecule has 0 bridgehead atoms. The summed E-state index contributed by atoms with van der Waals surface area (Å²) >= 11 is 3.74. The van der Waals surface area contributed by atoms with E-state index in [-0.39, 0.29) is 0 Å². The number of fused-ring (bicyclic) bond motifs is 8. The Labute approximate surface area is 444 Å². The molecule has 0 aliphatic heterocycles. The van der Waals surface area contributed by atoms with Crippen molar-refractivity contribution >= 4 is 125 Å². The lowest BCUT2D eigenvalue weighted by atomic mass is 9.99. The molecule has 5 heteroatoms. The van der Waals surface area contributed by atoms with E-state index in [0.717, 1.165) is 51.2 Å². The van der Waals surface area contributed by atoms with Crippen LogP contribution in [0.15, 0.2) is 285 Å². The smallest absolute Gasteiger partial charge is 0.0575 e. The number of hydrogen-bond donors (Lipinski definition) is 0. The minimum Gasteiger partial charge on any atom is -0.310 e. The van der Waals surface area contributed by atoms with Gasteiger partial charge in [-0.3, -0.25) is 0 Å². The van der Waals surface area contributed by atoms with Crippen LogP contribution in [0.2, 0.25) is 0 Å². The molecule has 3 nitrogen and oxygen atoms in total. The van der Waals surface area contributed by atoms with Gasteiger partial charge in [-0.05, 0) is 125 Å². The first-order valence-electron chi connectivity index (χ1n) is 25.4. The number of nitrogens with zero attached hydrogens (tertiary/aromatic N) is 3. The third-order valence-electron chi connectivity index (χ3n) is 14.4. The van der Waals surface area contributed by atoms with Gasteiger partial charge < -0.3 is 14.7 Å². The fourth-order valence-electron chi connectivity index (χ4n) is 10.9. The van der Waals surface area contributed by atoms with Crippen LogP contribution in [0.1, 0.15) is 0 Å². The highest BCUT2D eigenvalue weighted by molar-refractivity contribution is 7.27. The summed E-state index contributed by atoms with van der Waals surface area (Å²) in [5, 5.41) is 7.35. The van der Waals surface area contributed by atoms with Crippen molar-refractivity contribution in [3.05, 3.63) is 285 Å². The molecule has 0 aliphatic rings. The van der Waals surface area contributed by atoms with Crippen molar-refractivity contribution in [2.45, 2.75) is 0 Å². The average Bonchev–Trinajstić information content (AvgIpc) is 4.09. The van der Waals surface area contributed by atoms with E-state index >= 15 is 0 Å². The molecule has 0 spiro atoms. The summed E-state index contributed by atoms with van der Waals surface area (Å²) in [6.07, 6.45) is 0. The molecule has 0 saturated heterocycles. The number of rotatable bonds is 11. The van der Waals surface area contributed by atoms with Gasteiger partial charge in [0.15, 0.2) is 0 Å². The topological polar surface area (TPSA) is 9.72 Å². The average molecular weight is 994 g/mol. The Morgan fingerprint density at radius 1 is 0.213 bits per heavy atom. The van der Waals surface area contributed by atoms with Crippen molar-refractivity contribution in [3.63, 3.8) is 0 Å². The van der Waals surface area contributed by atoms with Crippen molar-refractivity contribution in [1.82, 2.24) is 0 Å². The predicted molar refractivity (Wildman–Crippen MR) is 325 cm³/mol. The SMILES string of the molecule is c1ccc(-c2ccc(N(c3ccc(-c4ccccc4)cc3)c3cc(N(c4ccccc4)c4ccccc4)cc4sc5c6ccccc6c(N(c6ccccc6)c6ccc7sc8ccccc8c7c6)cc5c34)cc2)cc1. The zero-order chi connectivity index (χ0) is 49.7. The standard InChI is InChI=1S/C70H47N3S2/c1-6-20-48(21-7-1)50-34-38-55(39-35-50)72(56-40-36-51(37-41-56)49-22-8-2-9-23-49)65-45-58(71(52-24-10-3-11-25-52)53-26-12-4-13-27-53)46-68-69(65)63-47-64(59-30-16-17-32-61(59)70(63)75-68)73(54-28-14-5-15-29-54)57-42-43-67-62(44-57)60-31-18-19-33-66(60)74-67/h1-47H. The van der Waals surface area contributed by atoms with E-state index in [1.165, 1.54) is 73.4 Å². The summed E-state index contributed by atoms with van der Waals surface area (Å²) < 4.78 is 5.03. The highest BCUT2D eigenvalue weighted by Crippen LogP contribution is 2.53. The Morgan fingerprint density at radius 2 is 0.640 bits per heavy atom. The third kappa shape index (κ3) is 8.07. The van der Waals surface area contributed by atoms with Gasteiger partial charge in [0.2, 0.25) is 0 Å². The third-order valence-corrected chi connectivity index (χ3v) is 16.7. The molecule has 0 amide bonds. The first-order valence-corrected chi connectivity index (χ1v) is 27.0. The highest BCUT2D eigenvalue weighted by Gasteiger charge is 2.26. The molecule has 75 heavy (non-hydrogen) atoms. The van der Waals surface area contributed by atoms with Crippen LogP contribution in [0.25, 0.3) is 73.4 Å². The van der Waals surface area contributed by atoms with Crippen molar-refractivity contribution in [3.8, 4) is 22.3 Å². The molecule has 0 atom stereocenters. The summed E-state index contributed by atoms with van der Waals surface area (Å²) in [6, 6.07) is 104. The quantitative estimate of drug-likeness (QED) is 0.128. The van der Waals surface area contributed by atoms with E-state index in [0.29, 0.717) is 0 Å². The van der Waals surface area contributed by atoms with Crippen molar-refractivity contribution in [2.75, 3.05) is 14.7 Å². The Bertz CT molecular complexity index is 4210. The van der Waals surface area contributed by atoms with Gasteiger partial charge in [-0.2, -0.15) is 0 Å². The summed E-state index contributed by atoms with van der Waals surface area (Å²) in [5.41, 5.74) is 14.5. The van der Waals surface area contributed by atoms with Crippen molar-refractivity contribution in [2.24, 2.45) is 0 Å². The van der Waals surface area contributed by atoms with Crippen molar-refractivity contribution in [1.29, 1.82) is 0 Å². The maximum Gasteiger partial charge on any atom is 0.0575 e. The molecule has 12 aromatic carbocycles. The van der Waals surface area contributed by atoms with E-state index in [1.54, 1.807) is 0 Å². The first kappa shape index (κ1) is 44.4. The molecular weight excluding hydrogens is 947 g/mol. The molecule has 0 N–H and O–H groups in total. The Kier molecular flexibility index (Phi) is 11.2. The second-order valence-electron chi connectivity index (χ2n) is 18.9. The van der Waals surface area contributed by atoms with Crippen LogP contribution in [-0.2, 0) is 0 Å². The van der Waals surface area contributed by atoms with E-state index in [4.69, 9.17) is 0 Å². The second kappa shape index (κ2) is 19.0. The van der Waals surface area contributed by atoms with Gasteiger partial charge in [0.25, 0.3) is 0 Å². The van der Waals surface area contributed by atoms with E-state index in [9.17, 15) is 0 Å². The molecule has 354 valence electrons. The maximum absolute atomic E-state index is 2.48. The summed E-state index contributed by atoms with van der Waals surface area (Å²) in [5.74, 6) is 0. The lowest BCUT2D eigenvalue weighted by Crippen LogP contribution is -2.13. The zero-order valence-electron chi connectivity index (χ0n) is 40.8. The predicted octanol–water partition coefficient (Wildman–Crippen LogP) is 21.3. The zero-order valence-corrected chi connectivity index (χ0v) is 42.4. The minimum atomic E-state index is 1.06. The summed E-state index contributed by atoms with van der Waals surface area (Å²) in [4.78, 5) is 7.35. The summed E-state index contributed by atoms with van der Waals surface area (Å²) in [6.45, 7) is 0. The van der Waals surface area contributed by atoms with Gasteiger partial charge in [-0.1, -0.05) is 182 Å². The second-order valence-corrected chi connectivity index (χ2v) is 21.0. The van der Waals surface area contributed by atoms with E-state index in [2.05, 4.69) is 300 Å². The fourth-order valence-corrected chi connectivity index (χ4v) is 13.3. The molecule has 14 aromatic rings. The number of thiophene rings is 2. The Hall–Kier alpha value is -9.26. The van der Waals surface area contributed by atoms with Crippen LogP contribution in [-0.4, -0.2) is 0 Å². The first-order chi connectivity index (χ1) is 37.2. The van der Waals surface area contributed by atoms with Crippen LogP contribution in [0.3, 0.4) is 0 Å². The highest BCUT2D eigenvalue weighted by atomic mass is 32.1. The van der Waals surface area contributed by atoms with Crippen LogP contribution in [0, 0.1) is 0 Å². The van der Waals surface area contributed by atoms with Gasteiger partial charge in [-0.15, -0.1) is 22.7 Å². The molecule has 2 aromatic heterocycles. The van der Waals surface area contributed by atoms with Crippen LogP contribution < -0.4 is 14.7 Å². The van der Waals surface area contributed by atoms with Gasteiger partial charge in [-0.25, -0.2) is 0 Å². The largest absolute Gasteiger partial charge is 0.310 e. The van der Waals surface area contributed by atoms with Gasteiger partial charge in [0.1, 0.15) is 0 Å². The van der Waals surface area contributed by atoms with Crippen LogP contribution in [0.5, 0.6) is 0 Å². The van der Waals surface area contributed by atoms with Crippen LogP contribution >= 0.6 is 22.7 Å². The molecule has 0 saturated carbocycles. The minimum absolute atomic E-state index is 1.06. The fraction of sp³-hybridized carbons (Fsp3) is 0. The number of hydrogen-bond acceptors (Lipinski definition) is 5. The Morgan fingerprint density at radius 3 is 1.21 bits per heavy atom. The molecule has 0 fully saturated rings. The molecule has 0 radical (unpaired) electrons. The van der Waals surface area contributed by atoms with Crippen LogP contribution in [0.4, 0.5) is 51.2 Å². The van der Waals surface area contributed by atoms with E-state index in [1.807, 2.05) is 22.7 Å². The molecule has 2 heterocycles. The molecule has 0 aliphatic carbocycles. The maximum atomic E-state index is 2.48. The summed E-state index contributed by atoms with van der Waals surface area (Å²) in [7, 11) is 0. The number of para-hydroxylation sites is 3. The lowest BCUT2D eigenvalue weighted by Gasteiger charge is -2.30. The van der Waals surface area contributed by atoms with Gasteiger partial charge in [0.05, 0.1) is 11.4 Å². The lowest BCUT2D eigenvalue weighted by molar-refractivity contribution is 1.26. The number of benzene rings is 12. The van der Waals surface area contributed by atoms with Crippen molar-refractivity contribution < 1.29 is 0 Å². The monoisotopic (exact) mass is 993 g/mol. The molecular formula is C70H47N3S2. The number of anilines is 9. The normalized spacial score (nSPS) is 11.5. The van der Waals surface area contributed by atoms with Gasteiger partial charge >= 0.3 is 0 Å². The Balaban J connectivity index is 1.07. The van der Waals surface area contributed by atoms with E-state index < -0.39 is 0 Å². The molecule has 14 rings (SSSR count).